The largest absolute Gasteiger partial charge is 0.466 e. The lowest BCUT2D eigenvalue weighted by Gasteiger charge is -2.33. The Kier molecular flexibility index (Phi) is 5.66. The van der Waals surface area contributed by atoms with Crippen LogP contribution in [0.5, 0.6) is 0 Å². The van der Waals surface area contributed by atoms with Gasteiger partial charge in [-0.2, -0.15) is 0 Å². The van der Waals surface area contributed by atoms with Gasteiger partial charge in [0.25, 0.3) is 0 Å². The fourth-order valence-corrected chi connectivity index (χ4v) is 6.71. The van der Waals surface area contributed by atoms with E-state index in [1.54, 1.807) is 6.92 Å². The highest BCUT2D eigenvalue weighted by molar-refractivity contribution is 9.09. The zero-order chi connectivity index (χ0) is 23.3. The summed E-state index contributed by atoms with van der Waals surface area (Å²) >= 11 is 3.59. The van der Waals surface area contributed by atoms with Crippen molar-refractivity contribution in [3.8, 4) is 0 Å². The number of nitrogens with zero attached hydrogens (tertiary/aromatic N) is 1. The van der Waals surface area contributed by atoms with Gasteiger partial charge in [0.05, 0.1) is 31.2 Å². The molecule has 2 bridgehead atoms. The van der Waals surface area contributed by atoms with Crippen LogP contribution in [-0.2, 0) is 23.9 Å². The summed E-state index contributed by atoms with van der Waals surface area (Å²) in [6.45, 7) is 1.57. The van der Waals surface area contributed by atoms with E-state index in [0.717, 1.165) is 10.8 Å². The Morgan fingerprint density at radius 2 is 2.03 bits per heavy atom. The molecule has 3 fully saturated rings. The Labute approximate surface area is 199 Å². The fraction of sp³-hybridized carbons (Fsp3) is 0.458. The third-order valence-corrected chi connectivity index (χ3v) is 7.80. The second kappa shape index (κ2) is 8.38. The zero-order valence-corrected chi connectivity index (χ0v) is 19.7. The molecule has 1 spiro atoms. The van der Waals surface area contributed by atoms with E-state index in [0.29, 0.717) is 12.1 Å². The summed E-state index contributed by atoms with van der Waals surface area (Å²) in [6, 6.07) is 12.4. The van der Waals surface area contributed by atoms with E-state index in [2.05, 4.69) is 21.2 Å². The number of alkyl halides is 1. The summed E-state index contributed by atoms with van der Waals surface area (Å²) < 4.78 is 11.6. The molecule has 0 radical (unpaired) electrons. The van der Waals surface area contributed by atoms with Crippen LogP contribution in [0.1, 0.15) is 13.3 Å². The van der Waals surface area contributed by atoms with Gasteiger partial charge in [0.15, 0.2) is 0 Å². The number of fused-ring (bicyclic) bond motifs is 2. The van der Waals surface area contributed by atoms with Crippen LogP contribution in [0.2, 0.25) is 0 Å². The molecule has 3 saturated heterocycles. The molecule has 9 heteroatoms. The summed E-state index contributed by atoms with van der Waals surface area (Å²) in [7, 11) is 0. The summed E-state index contributed by atoms with van der Waals surface area (Å²) in [5, 5.41) is 14.6. The molecule has 3 aliphatic heterocycles. The molecule has 6 atom stereocenters. The molecule has 0 aromatic heterocycles. The molecule has 5 rings (SSSR count). The highest BCUT2D eigenvalue weighted by Gasteiger charge is 2.76. The van der Waals surface area contributed by atoms with Gasteiger partial charge in [-0.3, -0.25) is 14.4 Å². The highest BCUT2D eigenvalue weighted by atomic mass is 79.9. The zero-order valence-electron chi connectivity index (χ0n) is 18.1. The number of hydrogen-bond donors (Lipinski definition) is 2. The number of benzene rings is 2. The molecule has 33 heavy (non-hydrogen) atoms. The third kappa shape index (κ3) is 3.36. The molecule has 0 aliphatic carbocycles. The third-order valence-electron chi connectivity index (χ3n) is 6.95. The molecule has 2 aromatic carbocycles. The minimum Gasteiger partial charge on any atom is -0.466 e. The van der Waals surface area contributed by atoms with Crippen LogP contribution in [0.3, 0.4) is 0 Å². The van der Waals surface area contributed by atoms with E-state index >= 15 is 0 Å². The molecule has 3 unspecified atom stereocenters. The Balaban J connectivity index is 1.50. The lowest BCUT2D eigenvalue weighted by molar-refractivity contribution is -0.154. The van der Waals surface area contributed by atoms with Crippen LogP contribution in [0, 0.1) is 11.8 Å². The van der Waals surface area contributed by atoms with Gasteiger partial charge in [0, 0.05) is 17.1 Å². The van der Waals surface area contributed by atoms with Crippen LogP contribution in [-0.4, -0.2) is 70.1 Å². The monoisotopic (exact) mass is 516 g/mol. The number of hydrogen-bond acceptors (Lipinski definition) is 6. The molecule has 3 heterocycles. The van der Waals surface area contributed by atoms with Gasteiger partial charge in [-0.25, -0.2) is 0 Å². The number of halogens is 1. The van der Waals surface area contributed by atoms with Crippen LogP contribution in [0.25, 0.3) is 10.8 Å². The van der Waals surface area contributed by atoms with Crippen molar-refractivity contribution in [3.05, 3.63) is 42.5 Å². The Bertz CT molecular complexity index is 1130. The predicted molar refractivity (Wildman–Crippen MR) is 124 cm³/mol. The molecular formula is C24H25BrN2O6. The lowest BCUT2D eigenvalue weighted by Crippen LogP contribution is -2.54. The second-order valence-corrected chi connectivity index (χ2v) is 9.90. The topological polar surface area (TPSA) is 105 Å². The average molecular weight is 517 g/mol. The van der Waals surface area contributed by atoms with Gasteiger partial charge in [0.1, 0.15) is 11.6 Å². The van der Waals surface area contributed by atoms with Crippen LogP contribution >= 0.6 is 15.9 Å². The average Bonchev–Trinajstić information content (AvgIpc) is 3.38. The minimum atomic E-state index is -1.16. The van der Waals surface area contributed by atoms with Crippen molar-refractivity contribution < 1.29 is 29.0 Å². The summed E-state index contributed by atoms with van der Waals surface area (Å²) in [6.07, 6.45) is -0.146. The first-order chi connectivity index (χ1) is 15.9. The molecular weight excluding hydrogens is 492 g/mol. The number of amides is 2. The van der Waals surface area contributed by atoms with Crippen molar-refractivity contribution in [2.45, 2.75) is 35.9 Å². The first-order valence-corrected chi connectivity index (χ1v) is 12.0. The number of ether oxygens (including phenoxy) is 2. The number of carbonyl (C=O) groups excluding carboxylic acids is 3. The van der Waals surface area contributed by atoms with Gasteiger partial charge in [-0.05, 0) is 36.2 Å². The summed E-state index contributed by atoms with van der Waals surface area (Å²) in [4.78, 5) is 41.0. The maximum absolute atomic E-state index is 13.6. The van der Waals surface area contributed by atoms with Crippen molar-refractivity contribution >= 4 is 50.2 Å². The second-order valence-electron chi connectivity index (χ2n) is 8.72. The van der Waals surface area contributed by atoms with Crippen molar-refractivity contribution in [1.82, 2.24) is 4.90 Å². The number of rotatable bonds is 6. The number of carbonyl (C=O) groups is 3. The smallest absolute Gasteiger partial charge is 0.312 e. The van der Waals surface area contributed by atoms with Gasteiger partial charge < -0.3 is 24.8 Å². The molecule has 174 valence electrons. The Morgan fingerprint density at radius 3 is 2.76 bits per heavy atom. The molecule has 2 amide bonds. The number of likely N-dealkylation sites (tertiary alicyclic amines) is 1. The van der Waals surface area contributed by atoms with Gasteiger partial charge >= 0.3 is 5.97 Å². The standard InChI is InChI=1S/C24H25BrN2O6/c1-2-32-23(31)17-18-22(30)27(9-10-28)20(24(18)12-16(25)19(17)33-24)21(29)26-15-8-7-13-5-3-4-6-14(13)11-15/h3-8,11,16-20,28H,2,9-10,12H2,1H3,(H,26,29)/t16?,17-,18+,19-,20?,24?/m1/s1. The van der Waals surface area contributed by atoms with E-state index in [4.69, 9.17) is 9.47 Å². The quantitative estimate of drug-likeness (QED) is 0.449. The molecule has 0 saturated carbocycles. The first-order valence-electron chi connectivity index (χ1n) is 11.1. The van der Waals surface area contributed by atoms with Crippen molar-refractivity contribution in [3.63, 3.8) is 0 Å². The van der Waals surface area contributed by atoms with Crippen molar-refractivity contribution in [1.29, 1.82) is 0 Å². The van der Waals surface area contributed by atoms with Crippen LogP contribution in [0.4, 0.5) is 5.69 Å². The van der Waals surface area contributed by atoms with Gasteiger partial charge in [-0.1, -0.05) is 46.3 Å². The SMILES string of the molecule is CCOC(=O)[C@H]1[C@@H]2OC3(CC2Br)C(C(=O)Nc2ccc4ccccc4c2)N(CCO)C(=O)[C@H]13. The van der Waals surface area contributed by atoms with Gasteiger partial charge in [-0.15, -0.1) is 0 Å². The van der Waals surface area contributed by atoms with Gasteiger partial charge in [0.2, 0.25) is 11.8 Å². The van der Waals surface area contributed by atoms with E-state index in [9.17, 15) is 19.5 Å². The first kappa shape index (κ1) is 22.3. The van der Waals surface area contributed by atoms with Crippen molar-refractivity contribution in [2.24, 2.45) is 11.8 Å². The van der Waals surface area contributed by atoms with Crippen molar-refractivity contribution in [2.75, 3.05) is 25.1 Å². The fourth-order valence-electron chi connectivity index (χ4n) is 5.76. The van der Waals surface area contributed by atoms with E-state index in [1.165, 1.54) is 4.90 Å². The van der Waals surface area contributed by atoms with E-state index in [-0.39, 0.29) is 30.5 Å². The maximum atomic E-state index is 13.6. The number of esters is 1. The predicted octanol–water partition coefficient (Wildman–Crippen LogP) is 2.08. The number of aliphatic hydroxyl groups excluding tert-OH is 1. The number of aliphatic hydroxyl groups is 1. The molecule has 3 aliphatic rings. The summed E-state index contributed by atoms with van der Waals surface area (Å²) in [5.41, 5.74) is -0.566. The Morgan fingerprint density at radius 1 is 1.27 bits per heavy atom. The van der Waals surface area contributed by atoms with Crippen LogP contribution in [0.15, 0.2) is 42.5 Å². The van der Waals surface area contributed by atoms with E-state index in [1.807, 2.05) is 42.5 Å². The number of anilines is 1. The maximum Gasteiger partial charge on any atom is 0.312 e. The molecule has 2 N–H and O–H groups in total. The summed E-state index contributed by atoms with van der Waals surface area (Å²) in [5.74, 6) is -2.88. The molecule has 8 nitrogen and oxygen atoms in total. The normalized spacial score (nSPS) is 32.3. The highest BCUT2D eigenvalue weighted by Crippen LogP contribution is 2.60. The lowest BCUT2D eigenvalue weighted by atomic mass is 9.70. The Hall–Kier alpha value is -2.49. The van der Waals surface area contributed by atoms with Crippen LogP contribution < -0.4 is 5.32 Å². The number of β-amino-alcohol motifs (C(OH)–C–C–N with tert-alkyl or cyclic N) is 1. The van der Waals surface area contributed by atoms with E-state index < -0.39 is 41.5 Å². The minimum absolute atomic E-state index is 0.0244. The number of nitrogens with one attached hydrogen (secondary N) is 1. The molecule has 2 aromatic rings.